The first-order chi connectivity index (χ1) is 8.89. The van der Waals surface area contributed by atoms with Gasteiger partial charge in [0.1, 0.15) is 5.75 Å². The lowest BCUT2D eigenvalue weighted by Crippen LogP contribution is -2.29. The summed E-state index contributed by atoms with van der Waals surface area (Å²) in [5.74, 6) is 0.878. The number of thiol groups is 1. The highest BCUT2D eigenvalue weighted by atomic mass is 32.2. The van der Waals surface area contributed by atoms with Gasteiger partial charge in [0.05, 0.1) is 0 Å². The van der Waals surface area contributed by atoms with Crippen LogP contribution >= 0.6 is 10.9 Å². The van der Waals surface area contributed by atoms with Gasteiger partial charge in [-0.3, -0.25) is 0 Å². The first kappa shape index (κ1) is 14.6. The molecule has 1 aromatic carbocycles. The summed E-state index contributed by atoms with van der Waals surface area (Å²) in [7, 11) is -0.188. The molecular weight excluding hydrogens is 266 g/mol. The van der Waals surface area contributed by atoms with Gasteiger partial charge in [0.2, 0.25) is 0 Å². The molecule has 0 fully saturated rings. The average molecular weight is 288 g/mol. The topological polar surface area (TPSA) is 9.23 Å². The number of benzene rings is 1. The molecule has 108 valence electrons. The molecular formula is C15H22F2OS. The van der Waals surface area contributed by atoms with Gasteiger partial charge < -0.3 is 4.74 Å². The largest absolute Gasteiger partial charge is 0.435 e. The molecule has 1 atom stereocenters. The van der Waals surface area contributed by atoms with Gasteiger partial charge in [-0.25, -0.2) is 10.9 Å². The Bertz CT molecular complexity index is 449. The summed E-state index contributed by atoms with van der Waals surface area (Å²) in [6.07, 6.45) is 6.45. The molecule has 4 heteroatoms. The van der Waals surface area contributed by atoms with E-state index in [4.69, 9.17) is 0 Å². The van der Waals surface area contributed by atoms with Crippen LogP contribution in [-0.4, -0.2) is 19.1 Å². The summed E-state index contributed by atoms with van der Waals surface area (Å²) < 4.78 is 29.8. The van der Waals surface area contributed by atoms with Crippen molar-refractivity contribution in [3.8, 4) is 5.75 Å². The minimum absolute atomic E-state index is 0.145. The molecule has 2 rings (SSSR count). The summed E-state index contributed by atoms with van der Waals surface area (Å²) >= 11 is 0. The maximum absolute atomic E-state index is 12.5. The van der Waals surface area contributed by atoms with Gasteiger partial charge in [-0.15, -0.1) is 0 Å². The fourth-order valence-electron chi connectivity index (χ4n) is 3.47. The molecule has 1 unspecified atom stereocenters. The van der Waals surface area contributed by atoms with Gasteiger partial charge in [-0.1, -0.05) is 26.0 Å². The van der Waals surface area contributed by atoms with Crippen LogP contribution < -0.4 is 4.74 Å². The lowest BCUT2D eigenvalue weighted by atomic mass is 9.89. The van der Waals surface area contributed by atoms with E-state index in [1.165, 1.54) is 5.56 Å². The van der Waals surface area contributed by atoms with Gasteiger partial charge in [0.25, 0.3) is 0 Å². The minimum Gasteiger partial charge on any atom is -0.435 e. The molecule has 1 aromatic rings. The first-order valence-corrected chi connectivity index (χ1v) is 8.87. The Hall–Kier alpha value is -0.770. The Kier molecular flexibility index (Phi) is 4.09. The van der Waals surface area contributed by atoms with Crippen molar-refractivity contribution in [2.75, 3.05) is 12.5 Å². The second-order valence-corrected chi connectivity index (χ2v) is 8.22. The highest BCUT2D eigenvalue weighted by Gasteiger charge is 2.43. The molecule has 0 amide bonds. The van der Waals surface area contributed by atoms with Crippen molar-refractivity contribution in [3.63, 3.8) is 0 Å². The predicted octanol–water partition coefficient (Wildman–Crippen LogP) is 4.35. The van der Waals surface area contributed by atoms with Crippen molar-refractivity contribution < 1.29 is 13.5 Å². The van der Waals surface area contributed by atoms with Gasteiger partial charge in [-0.05, 0) is 48.5 Å². The smallest absolute Gasteiger partial charge is 0.387 e. The Labute approximate surface area is 116 Å². The van der Waals surface area contributed by atoms with Crippen LogP contribution in [0.1, 0.15) is 31.4 Å². The maximum Gasteiger partial charge on any atom is 0.387 e. The van der Waals surface area contributed by atoms with Crippen LogP contribution in [0.5, 0.6) is 5.75 Å². The zero-order valence-electron chi connectivity index (χ0n) is 11.9. The zero-order valence-corrected chi connectivity index (χ0v) is 12.8. The van der Waals surface area contributed by atoms with Crippen molar-refractivity contribution in [3.05, 3.63) is 29.3 Å². The molecule has 0 aliphatic heterocycles. The lowest BCUT2D eigenvalue weighted by molar-refractivity contribution is -0.0504. The number of alkyl halides is 2. The number of ether oxygens (including phenoxy) is 1. The number of halogens is 2. The number of fused-ring (bicyclic) bond motifs is 1. The highest BCUT2D eigenvalue weighted by molar-refractivity contribution is 8.16. The Balaban J connectivity index is 2.50. The molecule has 0 saturated heterocycles. The number of hydrogen-bond acceptors (Lipinski definition) is 1. The summed E-state index contributed by atoms with van der Waals surface area (Å²) in [6.45, 7) is 1.72. The van der Waals surface area contributed by atoms with Crippen LogP contribution in [0.15, 0.2) is 18.2 Å². The van der Waals surface area contributed by atoms with Gasteiger partial charge >= 0.3 is 6.61 Å². The molecule has 0 N–H and O–H groups in total. The van der Waals surface area contributed by atoms with E-state index in [1.54, 1.807) is 6.07 Å². The lowest BCUT2D eigenvalue weighted by Gasteiger charge is -2.41. The van der Waals surface area contributed by atoms with Crippen molar-refractivity contribution >= 4 is 10.9 Å². The number of rotatable bonds is 4. The van der Waals surface area contributed by atoms with Crippen LogP contribution in [0.4, 0.5) is 8.78 Å². The normalized spacial score (nSPS) is 22.8. The fraction of sp³-hybridized carbons (Fsp3) is 0.600. The van der Waals surface area contributed by atoms with Crippen LogP contribution in [-0.2, 0) is 11.2 Å². The van der Waals surface area contributed by atoms with Crippen molar-refractivity contribution in [2.45, 2.75) is 38.0 Å². The molecule has 0 spiro atoms. The van der Waals surface area contributed by atoms with E-state index in [-0.39, 0.29) is 15.6 Å². The Morgan fingerprint density at radius 2 is 1.95 bits per heavy atom. The third-order valence-electron chi connectivity index (χ3n) is 4.32. The van der Waals surface area contributed by atoms with Crippen LogP contribution in [0.25, 0.3) is 0 Å². The second-order valence-electron chi connectivity index (χ2n) is 5.63. The van der Waals surface area contributed by atoms with Crippen molar-refractivity contribution in [2.24, 2.45) is 5.92 Å². The summed E-state index contributed by atoms with van der Waals surface area (Å²) in [4.78, 5) is 0. The summed E-state index contributed by atoms with van der Waals surface area (Å²) in [5, 5.41) is 0. The summed E-state index contributed by atoms with van der Waals surface area (Å²) in [6, 6.07) is 5.61. The summed E-state index contributed by atoms with van der Waals surface area (Å²) in [5.41, 5.74) is 2.23. The maximum atomic E-state index is 12.5. The molecule has 0 saturated carbocycles. The van der Waals surface area contributed by atoms with E-state index >= 15 is 0 Å². The average Bonchev–Trinajstić information content (AvgIpc) is 2.69. The first-order valence-electron chi connectivity index (χ1n) is 6.64. The standard InChI is InChI=1S/C15H22F2OS/c1-10(2)15(19(3)4)9-8-11-12(15)6-5-7-13(11)18-14(16)17/h5-7,10,14,19H,8-9H2,1-4H3. The SMILES string of the molecule is CC(C)C1([SH](C)C)CCc2c(OC(F)F)cccc21. The molecule has 1 nitrogen and oxygen atoms in total. The van der Waals surface area contributed by atoms with Crippen LogP contribution in [0.3, 0.4) is 0 Å². The molecule has 0 heterocycles. The molecule has 0 aromatic heterocycles. The zero-order chi connectivity index (χ0) is 14.2. The third kappa shape index (κ3) is 2.35. The van der Waals surface area contributed by atoms with E-state index in [0.717, 1.165) is 18.4 Å². The van der Waals surface area contributed by atoms with Gasteiger partial charge in [0, 0.05) is 4.75 Å². The Morgan fingerprint density at radius 1 is 1.26 bits per heavy atom. The van der Waals surface area contributed by atoms with Gasteiger partial charge in [-0.2, -0.15) is 8.78 Å². The fourth-order valence-corrected chi connectivity index (χ4v) is 5.75. The third-order valence-corrected chi connectivity index (χ3v) is 6.90. The molecule has 0 radical (unpaired) electrons. The van der Waals surface area contributed by atoms with E-state index < -0.39 is 6.61 Å². The second kappa shape index (κ2) is 5.31. The van der Waals surface area contributed by atoms with E-state index in [2.05, 4.69) is 37.2 Å². The molecule has 19 heavy (non-hydrogen) atoms. The quantitative estimate of drug-likeness (QED) is 0.811. The molecule has 1 aliphatic rings. The van der Waals surface area contributed by atoms with E-state index in [0.29, 0.717) is 11.7 Å². The van der Waals surface area contributed by atoms with Crippen LogP contribution in [0.2, 0.25) is 0 Å². The molecule has 0 bridgehead atoms. The van der Waals surface area contributed by atoms with Crippen LogP contribution in [0, 0.1) is 5.92 Å². The van der Waals surface area contributed by atoms with Crippen molar-refractivity contribution in [1.82, 2.24) is 0 Å². The Morgan fingerprint density at radius 3 is 2.47 bits per heavy atom. The van der Waals surface area contributed by atoms with E-state index in [1.807, 2.05) is 6.07 Å². The van der Waals surface area contributed by atoms with Crippen molar-refractivity contribution in [1.29, 1.82) is 0 Å². The minimum atomic E-state index is -2.75. The molecule has 1 aliphatic carbocycles. The monoisotopic (exact) mass is 288 g/mol. The highest BCUT2D eigenvalue weighted by Crippen LogP contribution is 2.58. The van der Waals surface area contributed by atoms with E-state index in [9.17, 15) is 8.78 Å². The number of hydrogen-bond donors (Lipinski definition) is 1. The van der Waals surface area contributed by atoms with Gasteiger partial charge in [0.15, 0.2) is 0 Å². The predicted molar refractivity (Wildman–Crippen MR) is 78.7 cm³/mol.